The number of fused-ring (bicyclic) bond motifs is 4. The average molecular weight is 756 g/mol. The van der Waals surface area contributed by atoms with Crippen LogP contribution in [-0.4, -0.2) is 6.71 Å². The Morgan fingerprint density at radius 3 is 1.52 bits per heavy atom. The van der Waals surface area contributed by atoms with E-state index in [4.69, 9.17) is 0 Å². The summed E-state index contributed by atoms with van der Waals surface area (Å²) in [5.74, 6) is 0.526. The fourth-order valence-electron chi connectivity index (χ4n) is 9.34. The zero-order valence-electron chi connectivity index (χ0n) is 34.8. The number of para-hydroxylation sites is 2. The Labute approximate surface area is 346 Å². The normalized spacial score (nSPS) is 13.2. The number of nitrogens with zero attached hydrogens (tertiary/aromatic N) is 3. The fourth-order valence-corrected chi connectivity index (χ4v) is 9.34. The Hall–Kier alpha value is -6.00. The van der Waals surface area contributed by atoms with Gasteiger partial charge in [0.05, 0.1) is 5.69 Å². The number of benzene rings is 7. The van der Waals surface area contributed by atoms with Crippen LogP contribution < -0.4 is 31.1 Å². The highest BCUT2D eigenvalue weighted by molar-refractivity contribution is 7.00. The summed E-state index contributed by atoms with van der Waals surface area (Å²) in [6.45, 7) is 11.5. The zero-order valence-corrected chi connectivity index (χ0v) is 34.8. The van der Waals surface area contributed by atoms with Gasteiger partial charge in [-0.3, -0.25) is 0 Å². The lowest BCUT2D eigenvalue weighted by atomic mass is 9.33. The van der Waals surface area contributed by atoms with E-state index in [1.165, 1.54) is 105 Å². The molecule has 0 spiro atoms. The van der Waals surface area contributed by atoms with Crippen molar-refractivity contribution < 1.29 is 0 Å². The van der Waals surface area contributed by atoms with Gasteiger partial charge in [-0.15, -0.1) is 0 Å². The Balaban J connectivity index is 1.34. The molecular formula is C54H54BN3. The van der Waals surface area contributed by atoms with E-state index in [2.05, 4.69) is 207 Å². The van der Waals surface area contributed by atoms with E-state index in [-0.39, 0.29) is 6.71 Å². The quantitative estimate of drug-likeness (QED) is 0.115. The van der Waals surface area contributed by atoms with Crippen LogP contribution in [0.5, 0.6) is 0 Å². The second kappa shape index (κ2) is 16.1. The van der Waals surface area contributed by atoms with Gasteiger partial charge in [0.1, 0.15) is 0 Å². The van der Waals surface area contributed by atoms with Gasteiger partial charge >= 0.3 is 0 Å². The Kier molecular flexibility index (Phi) is 10.4. The maximum absolute atomic E-state index is 2.55. The van der Waals surface area contributed by atoms with Crippen LogP contribution in [0.2, 0.25) is 0 Å². The third-order valence-electron chi connectivity index (χ3n) is 12.4. The molecule has 0 saturated carbocycles. The summed E-state index contributed by atoms with van der Waals surface area (Å²) in [6.07, 6.45) is 7.18. The first-order valence-corrected chi connectivity index (χ1v) is 21.5. The molecule has 2 aliphatic heterocycles. The Morgan fingerprint density at radius 1 is 0.517 bits per heavy atom. The summed E-state index contributed by atoms with van der Waals surface area (Å²) < 4.78 is 0. The number of aryl methyl sites for hydroxylation is 3. The van der Waals surface area contributed by atoms with Crippen molar-refractivity contribution in [1.29, 1.82) is 0 Å². The summed E-state index contributed by atoms with van der Waals surface area (Å²) >= 11 is 0. The molecule has 9 rings (SSSR count). The Morgan fingerprint density at radius 2 is 1.02 bits per heavy atom. The highest BCUT2D eigenvalue weighted by Crippen LogP contribution is 2.48. The summed E-state index contributed by atoms with van der Waals surface area (Å²) in [7, 11) is 0. The van der Waals surface area contributed by atoms with Gasteiger partial charge in [0.25, 0.3) is 6.71 Å². The van der Waals surface area contributed by atoms with Crippen LogP contribution in [0.1, 0.15) is 81.0 Å². The van der Waals surface area contributed by atoms with E-state index < -0.39 is 0 Å². The number of hydrogen-bond donors (Lipinski definition) is 0. The molecule has 2 heterocycles. The highest BCUT2D eigenvalue weighted by atomic mass is 15.2. The van der Waals surface area contributed by atoms with Crippen molar-refractivity contribution in [3.8, 4) is 0 Å². The standard InChI is InChI=1S/C54H54BN3/c1-6-8-16-40(5)42-26-30-46(31-27-42)58-51-33-23-39(4)35-49(51)55-48-34-38(3)22-32-50(48)57(45-28-24-41(25-29-45)17-9-7-2)52-36-47(37-53(58)54(52)55)56(43-18-12-10-13-19-43)44-20-14-11-15-21-44/h10-15,18-37,40H,6-9,16-17H2,1-5H3. The molecule has 0 aliphatic carbocycles. The molecule has 288 valence electrons. The van der Waals surface area contributed by atoms with E-state index in [1.54, 1.807) is 0 Å². The molecule has 0 fully saturated rings. The van der Waals surface area contributed by atoms with Crippen molar-refractivity contribution in [3.05, 3.63) is 180 Å². The highest BCUT2D eigenvalue weighted by Gasteiger charge is 2.44. The van der Waals surface area contributed by atoms with E-state index in [1.807, 2.05) is 0 Å². The summed E-state index contributed by atoms with van der Waals surface area (Å²) in [6, 6.07) is 59.6. The molecule has 58 heavy (non-hydrogen) atoms. The predicted molar refractivity (Wildman–Crippen MR) is 251 cm³/mol. The lowest BCUT2D eigenvalue weighted by Gasteiger charge is -2.45. The van der Waals surface area contributed by atoms with Crippen LogP contribution in [0.15, 0.2) is 158 Å². The number of hydrogen-bond acceptors (Lipinski definition) is 3. The fraction of sp³-hybridized carbons (Fsp3) is 0.222. The van der Waals surface area contributed by atoms with E-state index in [0.717, 1.165) is 23.5 Å². The van der Waals surface area contributed by atoms with Gasteiger partial charge in [-0.25, -0.2) is 0 Å². The van der Waals surface area contributed by atoms with E-state index in [0.29, 0.717) is 5.92 Å². The van der Waals surface area contributed by atoms with Crippen LogP contribution in [0.25, 0.3) is 0 Å². The third-order valence-corrected chi connectivity index (χ3v) is 12.4. The molecule has 0 bridgehead atoms. The lowest BCUT2D eigenvalue weighted by Crippen LogP contribution is -2.61. The van der Waals surface area contributed by atoms with Crippen molar-refractivity contribution in [2.75, 3.05) is 14.7 Å². The zero-order chi connectivity index (χ0) is 39.8. The minimum Gasteiger partial charge on any atom is -0.311 e. The molecule has 7 aromatic rings. The summed E-state index contributed by atoms with van der Waals surface area (Å²) in [4.78, 5) is 7.52. The largest absolute Gasteiger partial charge is 0.311 e. The smallest absolute Gasteiger partial charge is 0.252 e. The van der Waals surface area contributed by atoms with Crippen LogP contribution >= 0.6 is 0 Å². The molecule has 0 amide bonds. The van der Waals surface area contributed by atoms with Gasteiger partial charge in [0.2, 0.25) is 0 Å². The number of rotatable bonds is 12. The van der Waals surface area contributed by atoms with Crippen LogP contribution in [-0.2, 0) is 6.42 Å². The molecule has 2 aliphatic rings. The van der Waals surface area contributed by atoms with Crippen molar-refractivity contribution in [1.82, 2.24) is 0 Å². The maximum Gasteiger partial charge on any atom is 0.252 e. The van der Waals surface area contributed by atoms with Gasteiger partial charge in [0, 0.05) is 45.5 Å². The molecule has 1 atom stereocenters. The van der Waals surface area contributed by atoms with Gasteiger partial charge < -0.3 is 14.7 Å². The second-order valence-electron chi connectivity index (χ2n) is 16.5. The van der Waals surface area contributed by atoms with Crippen molar-refractivity contribution in [2.45, 2.75) is 79.1 Å². The molecule has 7 aromatic carbocycles. The first kappa shape index (κ1) is 37.6. The van der Waals surface area contributed by atoms with Gasteiger partial charge in [-0.2, -0.15) is 0 Å². The minimum absolute atomic E-state index is 0.0652. The lowest BCUT2D eigenvalue weighted by molar-refractivity contribution is 0.624. The molecular weight excluding hydrogens is 701 g/mol. The van der Waals surface area contributed by atoms with Crippen molar-refractivity contribution in [3.63, 3.8) is 0 Å². The predicted octanol–water partition coefficient (Wildman–Crippen LogP) is 13.5. The van der Waals surface area contributed by atoms with Crippen LogP contribution in [0, 0.1) is 13.8 Å². The molecule has 0 N–H and O–H groups in total. The third kappa shape index (κ3) is 6.89. The van der Waals surface area contributed by atoms with Crippen molar-refractivity contribution >= 4 is 74.3 Å². The minimum atomic E-state index is 0.0652. The maximum atomic E-state index is 2.55. The van der Waals surface area contributed by atoms with E-state index in [9.17, 15) is 0 Å². The van der Waals surface area contributed by atoms with Crippen molar-refractivity contribution in [2.24, 2.45) is 0 Å². The van der Waals surface area contributed by atoms with Crippen LogP contribution in [0.4, 0.5) is 51.2 Å². The Bertz CT molecular complexity index is 2490. The molecule has 0 radical (unpaired) electrons. The monoisotopic (exact) mass is 755 g/mol. The molecule has 0 saturated heterocycles. The first-order valence-electron chi connectivity index (χ1n) is 21.5. The number of unbranched alkanes of at least 4 members (excludes halogenated alkanes) is 2. The average Bonchev–Trinajstić information content (AvgIpc) is 3.26. The first-order chi connectivity index (χ1) is 28.4. The van der Waals surface area contributed by atoms with Crippen LogP contribution in [0.3, 0.4) is 0 Å². The molecule has 3 nitrogen and oxygen atoms in total. The van der Waals surface area contributed by atoms with Gasteiger partial charge in [0.15, 0.2) is 0 Å². The second-order valence-corrected chi connectivity index (χ2v) is 16.5. The summed E-state index contributed by atoms with van der Waals surface area (Å²) in [5, 5.41) is 0. The summed E-state index contributed by atoms with van der Waals surface area (Å²) in [5.41, 5.74) is 20.1. The van der Waals surface area contributed by atoms with E-state index >= 15 is 0 Å². The SMILES string of the molecule is CCCCc1ccc(N2c3ccc(C)cc3B3c4cc(C)ccc4N(c4ccc(C(C)CCCC)cc4)c4cc(N(c5ccccc5)c5ccccc5)cc2c43)cc1. The molecule has 1 unspecified atom stereocenters. The van der Waals surface area contributed by atoms with Gasteiger partial charge in [-0.1, -0.05) is 136 Å². The number of anilines is 9. The van der Waals surface area contributed by atoms with Gasteiger partial charge in [-0.05, 0) is 139 Å². The topological polar surface area (TPSA) is 9.72 Å². The molecule has 4 heteroatoms. The molecule has 0 aromatic heterocycles.